The fourth-order valence-corrected chi connectivity index (χ4v) is 3.56. The SMILES string of the molecule is CC(C)(C)NCCCCCCN1CC2CCC1C2. The zero-order valence-electron chi connectivity index (χ0n) is 12.7. The van der Waals surface area contributed by atoms with Gasteiger partial charge in [-0.2, -0.15) is 0 Å². The molecule has 0 radical (unpaired) electrons. The summed E-state index contributed by atoms with van der Waals surface area (Å²) in [7, 11) is 0. The molecule has 2 nitrogen and oxygen atoms in total. The second-order valence-corrected chi connectivity index (χ2v) is 7.42. The molecule has 1 heterocycles. The van der Waals surface area contributed by atoms with Crippen LogP contribution in [0.15, 0.2) is 0 Å². The Labute approximate surface area is 114 Å². The topological polar surface area (TPSA) is 15.3 Å². The third kappa shape index (κ3) is 4.55. The first kappa shape index (κ1) is 14.3. The van der Waals surface area contributed by atoms with Crippen LogP contribution in [0.25, 0.3) is 0 Å². The molecule has 1 saturated carbocycles. The van der Waals surface area contributed by atoms with E-state index in [2.05, 4.69) is 31.0 Å². The van der Waals surface area contributed by atoms with E-state index >= 15 is 0 Å². The summed E-state index contributed by atoms with van der Waals surface area (Å²) in [6.45, 7) is 10.7. The van der Waals surface area contributed by atoms with E-state index in [-0.39, 0.29) is 5.54 Å². The number of nitrogens with zero attached hydrogens (tertiary/aromatic N) is 1. The molecule has 0 amide bonds. The second kappa shape index (κ2) is 6.38. The van der Waals surface area contributed by atoms with Crippen LogP contribution in [-0.4, -0.2) is 36.1 Å². The summed E-state index contributed by atoms with van der Waals surface area (Å²) >= 11 is 0. The zero-order chi connectivity index (χ0) is 13.0. The highest BCUT2D eigenvalue weighted by Crippen LogP contribution is 2.37. The van der Waals surface area contributed by atoms with Crippen LogP contribution in [0.4, 0.5) is 0 Å². The number of nitrogens with one attached hydrogen (secondary N) is 1. The van der Waals surface area contributed by atoms with E-state index in [1.807, 2.05) is 0 Å². The Balaban J connectivity index is 1.42. The molecule has 106 valence electrons. The van der Waals surface area contributed by atoms with Gasteiger partial charge in [0.1, 0.15) is 0 Å². The highest BCUT2D eigenvalue weighted by molar-refractivity contribution is 4.91. The summed E-state index contributed by atoms with van der Waals surface area (Å²) in [5.74, 6) is 1.06. The Morgan fingerprint density at radius 3 is 2.44 bits per heavy atom. The number of hydrogen-bond acceptors (Lipinski definition) is 2. The maximum atomic E-state index is 3.57. The number of piperidine rings is 1. The smallest absolute Gasteiger partial charge is 0.00985 e. The number of rotatable bonds is 7. The van der Waals surface area contributed by atoms with Crippen LogP contribution in [0.2, 0.25) is 0 Å². The molecule has 2 fully saturated rings. The Morgan fingerprint density at radius 1 is 1.06 bits per heavy atom. The summed E-state index contributed by atoms with van der Waals surface area (Å²) < 4.78 is 0. The van der Waals surface area contributed by atoms with Gasteiger partial charge in [-0.05, 0) is 71.9 Å². The van der Waals surface area contributed by atoms with Gasteiger partial charge in [0.15, 0.2) is 0 Å². The lowest BCUT2D eigenvalue weighted by molar-refractivity contribution is 0.209. The molecule has 0 aromatic rings. The second-order valence-electron chi connectivity index (χ2n) is 7.42. The molecular formula is C16H32N2. The molecule has 18 heavy (non-hydrogen) atoms. The minimum Gasteiger partial charge on any atom is -0.312 e. The zero-order valence-corrected chi connectivity index (χ0v) is 12.7. The van der Waals surface area contributed by atoms with Crippen LogP contribution in [0, 0.1) is 5.92 Å². The average Bonchev–Trinajstić information content (AvgIpc) is 2.88. The predicted octanol–water partition coefficient (Wildman–Crippen LogP) is 3.42. The standard InChI is InChI=1S/C16H32N2/c1-16(2,3)17-10-6-4-5-7-11-18-13-14-8-9-15(18)12-14/h14-15,17H,4-13H2,1-3H3. The van der Waals surface area contributed by atoms with E-state index in [0.29, 0.717) is 0 Å². The fourth-order valence-electron chi connectivity index (χ4n) is 3.56. The van der Waals surface area contributed by atoms with Crippen molar-refractivity contribution in [1.29, 1.82) is 0 Å². The van der Waals surface area contributed by atoms with Gasteiger partial charge in [-0.15, -0.1) is 0 Å². The van der Waals surface area contributed by atoms with Crippen molar-refractivity contribution in [2.24, 2.45) is 5.92 Å². The average molecular weight is 252 g/mol. The van der Waals surface area contributed by atoms with Crippen molar-refractivity contribution < 1.29 is 0 Å². The number of fused-ring (bicyclic) bond motifs is 2. The van der Waals surface area contributed by atoms with Crippen molar-refractivity contribution >= 4 is 0 Å². The maximum absolute atomic E-state index is 3.57. The van der Waals surface area contributed by atoms with Crippen LogP contribution in [0.1, 0.15) is 65.7 Å². The molecule has 1 N–H and O–H groups in total. The molecule has 2 aliphatic rings. The number of unbranched alkanes of at least 4 members (excludes halogenated alkanes) is 3. The Hall–Kier alpha value is -0.0800. The summed E-state index contributed by atoms with van der Waals surface area (Å²) in [5, 5.41) is 3.57. The highest BCUT2D eigenvalue weighted by Gasteiger charge is 2.36. The van der Waals surface area contributed by atoms with E-state index in [1.54, 1.807) is 0 Å². The first-order chi connectivity index (χ1) is 8.54. The van der Waals surface area contributed by atoms with Gasteiger partial charge in [0.05, 0.1) is 0 Å². The Bertz CT molecular complexity index is 244. The van der Waals surface area contributed by atoms with Crippen molar-refractivity contribution in [3.05, 3.63) is 0 Å². The largest absolute Gasteiger partial charge is 0.312 e. The van der Waals surface area contributed by atoms with Crippen molar-refractivity contribution in [2.45, 2.75) is 77.3 Å². The van der Waals surface area contributed by atoms with Crippen LogP contribution < -0.4 is 5.32 Å². The third-order valence-electron chi connectivity index (χ3n) is 4.55. The lowest BCUT2D eigenvalue weighted by Gasteiger charge is -2.26. The molecular weight excluding hydrogens is 220 g/mol. The molecule has 0 aromatic heterocycles. The van der Waals surface area contributed by atoms with Crippen LogP contribution in [0.5, 0.6) is 0 Å². The lowest BCUT2D eigenvalue weighted by atomic mass is 10.1. The summed E-state index contributed by atoms with van der Waals surface area (Å²) in [6, 6.07) is 0.970. The fraction of sp³-hybridized carbons (Fsp3) is 1.00. The van der Waals surface area contributed by atoms with E-state index in [4.69, 9.17) is 0 Å². The van der Waals surface area contributed by atoms with E-state index < -0.39 is 0 Å². The first-order valence-corrected chi connectivity index (χ1v) is 8.04. The first-order valence-electron chi connectivity index (χ1n) is 8.04. The van der Waals surface area contributed by atoms with Crippen LogP contribution in [0.3, 0.4) is 0 Å². The van der Waals surface area contributed by atoms with Gasteiger partial charge >= 0.3 is 0 Å². The molecule has 1 saturated heterocycles. The highest BCUT2D eigenvalue weighted by atomic mass is 15.2. The number of hydrogen-bond donors (Lipinski definition) is 1. The van der Waals surface area contributed by atoms with E-state index in [1.165, 1.54) is 64.6 Å². The molecule has 2 rings (SSSR count). The summed E-state index contributed by atoms with van der Waals surface area (Å²) in [5.41, 5.74) is 0.286. The molecule has 0 aromatic carbocycles. The van der Waals surface area contributed by atoms with Gasteiger partial charge in [-0.3, -0.25) is 0 Å². The normalized spacial score (nSPS) is 28.2. The molecule has 1 aliphatic heterocycles. The monoisotopic (exact) mass is 252 g/mol. The van der Waals surface area contributed by atoms with E-state index in [0.717, 1.165) is 12.0 Å². The maximum Gasteiger partial charge on any atom is 0.00985 e. The van der Waals surface area contributed by atoms with Gasteiger partial charge in [-0.1, -0.05) is 12.8 Å². The van der Waals surface area contributed by atoms with Gasteiger partial charge in [0.2, 0.25) is 0 Å². The predicted molar refractivity (Wildman–Crippen MR) is 78.9 cm³/mol. The quantitative estimate of drug-likeness (QED) is 0.698. The van der Waals surface area contributed by atoms with Crippen LogP contribution in [-0.2, 0) is 0 Å². The molecule has 1 aliphatic carbocycles. The lowest BCUT2D eigenvalue weighted by Crippen LogP contribution is -2.36. The Morgan fingerprint density at radius 2 is 1.83 bits per heavy atom. The molecule has 2 atom stereocenters. The molecule has 2 bridgehead atoms. The van der Waals surface area contributed by atoms with Gasteiger partial charge in [-0.25, -0.2) is 0 Å². The third-order valence-corrected chi connectivity index (χ3v) is 4.55. The van der Waals surface area contributed by atoms with Crippen molar-refractivity contribution in [3.63, 3.8) is 0 Å². The number of likely N-dealkylation sites (tertiary alicyclic amines) is 1. The minimum absolute atomic E-state index is 0.286. The molecule has 0 spiro atoms. The summed E-state index contributed by atoms with van der Waals surface area (Å²) in [6.07, 6.45) is 10.1. The van der Waals surface area contributed by atoms with Crippen molar-refractivity contribution in [1.82, 2.24) is 10.2 Å². The van der Waals surface area contributed by atoms with Crippen molar-refractivity contribution in [3.8, 4) is 0 Å². The molecule has 2 unspecified atom stereocenters. The summed E-state index contributed by atoms with van der Waals surface area (Å²) in [4.78, 5) is 2.77. The Kier molecular flexibility index (Phi) is 5.08. The molecule has 2 heteroatoms. The van der Waals surface area contributed by atoms with Gasteiger partial charge in [0, 0.05) is 18.1 Å². The van der Waals surface area contributed by atoms with Gasteiger partial charge < -0.3 is 10.2 Å². The van der Waals surface area contributed by atoms with Crippen molar-refractivity contribution in [2.75, 3.05) is 19.6 Å². The van der Waals surface area contributed by atoms with E-state index in [9.17, 15) is 0 Å². The van der Waals surface area contributed by atoms with Crippen LogP contribution >= 0.6 is 0 Å². The van der Waals surface area contributed by atoms with Gasteiger partial charge in [0.25, 0.3) is 0 Å². The minimum atomic E-state index is 0.286.